The summed E-state index contributed by atoms with van der Waals surface area (Å²) >= 11 is 0.854. The largest absolute Gasteiger partial charge is 0.493 e. The van der Waals surface area contributed by atoms with Crippen molar-refractivity contribution in [2.75, 3.05) is 33.4 Å². The molecule has 0 unspecified atom stereocenters. The Morgan fingerprint density at radius 1 is 1.14 bits per heavy atom. The van der Waals surface area contributed by atoms with Gasteiger partial charge in [-0.3, -0.25) is 19.3 Å². The molecule has 1 aromatic rings. The van der Waals surface area contributed by atoms with Crippen molar-refractivity contribution in [3.05, 3.63) is 28.7 Å². The van der Waals surface area contributed by atoms with Crippen LogP contribution in [0.1, 0.15) is 38.2 Å². The normalized spacial score (nSPS) is 18.9. The fourth-order valence-electron chi connectivity index (χ4n) is 3.39. The van der Waals surface area contributed by atoms with Crippen LogP contribution in [0.3, 0.4) is 0 Å². The zero-order valence-electron chi connectivity index (χ0n) is 16.8. The molecule has 0 radical (unpaired) electrons. The lowest BCUT2D eigenvalue weighted by molar-refractivity contribution is -0.135. The highest BCUT2D eigenvalue weighted by atomic mass is 32.2. The Labute approximate surface area is 175 Å². The van der Waals surface area contributed by atoms with Crippen molar-refractivity contribution >= 4 is 34.9 Å². The van der Waals surface area contributed by atoms with E-state index in [1.807, 2.05) is 6.92 Å². The second-order valence-corrected chi connectivity index (χ2v) is 7.90. The number of carbonyl (C=O) groups excluding carboxylic acids is 3. The summed E-state index contributed by atoms with van der Waals surface area (Å²) in [7, 11) is 1.56. The number of ether oxygens (including phenoxy) is 2. The van der Waals surface area contributed by atoms with Crippen molar-refractivity contribution in [1.82, 2.24) is 9.80 Å². The number of rotatable bonds is 6. The standard InChI is InChI=1S/C21H26N2O5S/c1-3-28-17-12-15(8-9-16(17)27-2)13-18-20(25)23(21(26)29-18)14-19(24)22-10-6-4-5-7-11-22/h8-9,12-13H,3-7,10-11,14H2,1-2H3. The summed E-state index contributed by atoms with van der Waals surface area (Å²) in [5, 5.41) is -0.414. The first-order valence-corrected chi connectivity index (χ1v) is 10.7. The number of nitrogens with zero attached hydrogens (tertiary/aromatic N) is 2. The van der Waals surface area contributed by atoms with Gasteiger partial charge in [-0.1, -0.05) is 18.9 Å². The van der Waals surface area contributed by atoms with Crippen LogP contribution in [0.15, 0.2) is 23.1 Å². The topological polar surface area (TPSA) is 76.2 Å². The van der Waals surface area contributed by atoms with Gasteiger partial charge in [0.1, 0.15) is 6.54 Å². The number of thioether (sulfide) groups is 1. The van der Waals surface area contributed by atoms with Crippen molar-refractivity contribution in [3.63, 3.8) is 0 Å². The molecule has 3 rings (SSSR count). The number of amides is 3. The number of hydrogen-bond acceptors (Lipinski definition) is 6. The van der Waals surface area contributed by atoms with E-state index >= 15 is 0 Å². The summed E-state index contributed by atoms with van der Waals surface area (Å²) in [6.07, 6.45) is 5.79. The first-order valence-electron chi connectivity index (χ1n) is 9.87. The van der Waals surface area contributed by atoms with E-state index in [0.717, 1.165) is 47.9 Å². The number of likely N-dealkylation sites (tertiary alicyclic amines) is 1. The number of carbonyl (C=O) groups is 3. The molecule has 0 aromatic heterocycles. The highest BCUT2D eigenvalue weighted by molar-refractivity contribution is 8.18. The van der Waals surface area contributed by atoms with Gasteiger partial charge in [0.05, 0.1) is 18.6 Å². The van der Waals surface area contributed by atoms with Crippen LogP contribution in [0.4, 0.5) is 4.79 Å². The first kappa shape index (κ1) is 21.2. The Hall–Kier alpha value is -2.48. The monoisotopic (exact) mass is 418 g/mol. The number of benzene rings is 1. The summed E-state index contributed by atoms with van der Waals surface area (Å²) in [6.45, 7) is 3.54. The third-order valence-corrected chi connectivity index (χ3v) is 5.82. The average Bonchev–Trinajstić information content (AvgIpc) is 2.90. The van der Waals surface area contributed by atoms with Gasteiger partial charge in [0, 0.05) is 13.1 Å². The molecule has 3 amide bonds. The second-order valence-electron chi connectivity index (χ2n) is 6.91. The van der Waals surface area contributed by atoms with Gasteiger partial charge in [0.15, 0.2) is 11.5 Å². The van der Waals surface area contributed by atoms with E-state index in [9.17, 15) is 14.4 Å². The molecule has 0 bridgehead atoms. The highest BCUT2D eigenvalue weighted by Crippen LogP contribution is 2.34. The van der Waals surface area contributed by atoms with Crippen LogP contribution in [-0.4, -0.2) is 60.2 Å². The molecule has 7 nitrogen and oxygen atoms in total. The lowest BCUT2D eigenvalue weighted by Crippen LogP contribution is -2.42. The third kappa shape index (κ3) is 5.12. The SMILES string of the molecule is CCOc1cc(C=C2SC(=O)N(CC(=O)N3CCCCCC3)C2=O)ccc1OC. The molecule has 2 heterocycles. The molecule has 1 aromatic carbocycles. The van der Waals surface area contributed by atoms with Gasteiger partial charge in [-0.15, -0.1) is 0 Å². The van der Waals surface area contributed by atoms with Crippen LogP contribution in [-0.2, 0) is 9.59 Å². The van der Waals surface area contributed by atoms with Gasteiger partial charge < -0.3 is 14.4 Å². The predicted molar refractivity (Wildman–Crippen MR) is 112 cm³/mol. The van der Waals surface area contributed by atoms with Crippen molar-refractivity contribution < 1.29 is 23.9 Å². The fourth-order valence-corrected chi connectivity index (χ4v) is 4.23. The van der Waals surface area contributed by atoms with E-state index < -0.39 is 11.1 Å². The van der Waals surface area contributed by atoms with E-state index in [4.69, 9.17) is 9.47 Å². The van der Waals surface area contributed by atoms with E-state index in [2.05, 4.69) is 0 Å². The number of methoxy groups -OCH3 is 1. The Balaban J connectivity index is 1.72. The molecule has 0 aliphatic carbocycles. The Kier molecular flexibility index (Phi) is 7.19. The van der Waals surface area contributed by atoms with Crippen molar-refractivity contribution in [3.8, 4) is 11.5 Å². The van der Waals surface area contributed by atoms with Gasteiger partial charge >= 0.3 is 0 Å². The maximum atomic E-state index is 12.7. The molecule has 2 aliphatic rings. The molecule has 156 valence electrons. The highest BCUT2D eigenvalue weighted by Gasteiger charge is 2.37. The van der Waals surface area contributed by atoms with Crippen molar-refractivity contribution in [2.24, 2.45) is 0 Å². The van der Waals surface area contributed by atoms with Crippen molar-refractivity contribution in [1.29, 1.82) is 0 Å². The molecule has 2 fully saturated rings. The lowest BCUT2D eigenvalue weighted by atomic mass is 10.2. The fraction of sp³-hybridized carbons (Fsp3) is 0.476. The molecular formula is C21H26N2O5S. The predicted octanol–water partition coefficient (Wildman–Crippen LogP) is 3.53. The summed E-state index contributed by atoms with van der Waals surface area (Å²) in [4.78, 5) is 40.8. The van der Waals surface area contributed by atoms with Crippen LogP contribution in [0, 0.1) is 0 Å². The summed E-state index contributed by atoms with van der Waals surface area (Å²) in [6, 6.07) is 5.31. The maximum absolute atomic E-state index is 12.7. The molecule has 0 atom stereocenters. The minimum absolute atomic E-state index is 0.168. The van der Waals surface area contributed by atoms with E-state index in [-0.39, 0.29) is 12.5 Å². The van der Waals surface area contributed by atoms with Gasteiger partial charge in [-0.2, -0.15) is 0 Å². The Bertz CT molecular complexity index is 815. The number of hydrogen-bond donors (Lipinski definition) is 0. The molecule has 8 heteroatoms. The summed E-state index contributed by atoms with van der Waals surface area (Å²) < 4.78 is 10.8. The van der Waals surface area contributed by atoms with Crippen LogP contribution >= 0.6 is 11.8 Å². The molecule has 0 spiro atoms. The van der Waals surface area contributed by atoms with Gasteiger partial charge in [0.25, 0.3) is 11.1 Å². The van der Waals surface area contributed by atoms with E-state index in [1.165, 1.54) is 0 Å². The molecule has 2 saturated heterocycles. The second kappa shape index (κ2) is 9.82. The van der Waals surface area contributed by atoms with Crippen LogP contribution in [0.2, 0.25) is 0 Å². The average molecular weight is 419 g/mol. The minimum atomic E-state index is -0.433. The minimum Gasteiger partial charge on any atom is -0.493 e. The Morgan fingerprint density at radius 3 is 2.52 bits per heavy atom. The summed E-state index contributed by atoms with van der Waals surface area (Å²) in [5.41, 5.74) is 0.721. The van der Waals surface area contributed by atoms with Crippen LogP contribution in [0.25, 0.3) is 6.08 Å². The van der Waals surface area contributed by atoms with E-state index in [1.54, 1.807) is 36.3 Å². The lowest BCUT2D eigenvalue weighted by Gasteiger charge is -2.22. The van der Waals surface area contributed by atoms with Crippen LogP contribution < -0.4 is 9.47 Å². The molecule has 0 N–H and O–H groups in total. The summed E-state index contributed by atoms with van der Waals surface area (Å²) in [5.74, 6) is 0.565. The van der Waals surface area contributed by atoms with Crippen LogP contribution in [0.5, 0.6) is 11.5 Å². The van der Waals surface area contributed by atoms with E-state index in [0.29, 0.717) is 36.1 Å². The molecule has 0 saturated carbocycles. The van der Waals surface area contributed by atoms with Gasteiger partial charge in [-0.05, 0) is 55.3 Å². The van der Waals surface area contributed by atoms with Gasteiger partial charge in [-0.25, -0.2) is 0 Å². The number of imide groups is 1. The zero-order chi connectivity index (χ0) is 20.8. The zero-order valence-corrected chi connectivity index (χ0v) is 17.6. The quantitative estimate of drug-likeness (QED) is 0.658. The molecular weight excluding hydrogens is 392 g/mol. The van der Waals surface area contributed by atoms with Crippen molar-refractivity contribution in [2.45, 2.75) is 32.6 Å². The Morgan fingerprint density at radius 2 is 1.86 bits per heavy atom. The third-order valence-electron chi connectivity index (χ3n) is 4.91. The first-order chi connectivity index (χ1) is 14.0. The molecule has 2 aliphatic heterocycles. The molecule has 29 heavy (non-hydrogen) atoms. The maximum Gasteiger partial charge on any atom is 0.294 e. The van der Waals surface area contributed by atoms with Gasteiger partial charge in [0.2, 0.25) is 5.91 Å². The smallest absolute Gasteiger partial charge is 0.294 e.